The molecule has 25 heavy (non-hydrogen) atoms. The summed E-state index contributed by atoms with van der Waals surface area (Å²) >= 11 is 3.58. The number of Topliss-reactive ketones (excluding diaryl/α,β-unsaturated/α-hetero) is 1. The molecule has 0 radical (unpaired) electrons. The maximum absolute atomic E-state index is 13.1. The van der Waals surface area contributed by atoms with Crippen LogP contribution < -0.4 is 5.56 Å². The topological polar surface area (TPSA) is 67.2 Å². The minimum atomic E-state index is -0.446. The maximum atomic E-state index is 13.1. The predicted molar refractivity (Wildman–Crippen MR) is 101 cm³/mol. The Morgan fingerprint density at radius 1 is 1.28 bits per heavy atom. The predicted octanol–water partition coefficient (Wildman–Crippen LogP) is 3.62. The van der Waals surface area contributed by atoms with Crippen LogP contribution in [0.25, 0.3) is 0 Å². The third-order valence-corrected chi connectivity index (χ3v) is 6.31. The van der Waals surface area contributed by atoms with Crippen LogP contribution in [0, 0.1) is 18.3 Å². The van der Waals surface area contributed by atoms with Gasteiger partial charge in [0.25, 0.3) is 5.56 Å². The Balaban J connectivity index is 2.00. The number of nitrogens with one attached hydrogen (secondary N) is 1. The van der Waals surface area contributed by atoms with Crippen molar-refractivity contribution in [3.8, 4) is 0 Å². The van der Waals surface area contributed by atoms with Crippen molar-refractivity contribution in [3.63, 3.8) is 0 Å². The highest BCUT2D eigenvalue weighted by Gasteiger charge is 2.52. The first kappa shape index (κ1) is 16.5. The summed E-state index contributed by atoms with van der Waals surface area (Å²) in [4.78, 5) is 30.4. The number of halogens is 1. The third kappa shape index (κ3) is 2.30. The molecule has 0 amide bonds. The highest BCUT2D eigenvalue weighted by molar-refractivity contribution is 9.10. The van der Waals surface area contributed by atoms with Gasteiger partial charge in [0, 0.05) is 28.6 Å². The number of H-pyrrole nitrogens is 1. The lowest BCUT2D eigenvalue weighted by Crippen LogP contribution is -2.32. The molecule has 130 valence electrons. The average Bonchev–Trinajstić information content (AvgIpc) is 2.94. The van der Waals surface area contributed by atoms with Crippen molar-refractivity contribution in [2.24, 2.45) is 23.4 Å². The van der Waals surface area contributed by atoms with Crippen molar-refractivity contribution in [2.45, 2.75) is 33.1 Å². The molecule has 2 atom stereocenters. The SMILES string of the molecule is Cc1ccc(C2c3c(n(C)[nH]c3=O)N=C3CC(C)(C)C(=O)C32)cc1Br. The van der Waals surface area contributed by atoms with E-state index in [2.05, 4.69) is 21.0 Å². The van der Waals surface area contributed by atoms with E-state index >= 15 is 0 Å². The van der Waals surface area contributed by atoms with Gasteiger partial charge in [-0.15, -0.1) is 0 Å². The fraction of sp³-hybridized carbons (Fsp3) is 0.421. The summed E-state index contributed by atoms with van der Waals surface area (Å²) in [7, 11) is 1.79. The second-order valence-electron chi connectivity index (χ2n) is 7.73. The lowest BCUT2D eigenvalue weighted by Gasteiger charge is -2.27. The van der Waals surface area contributed by atoms with Gasteiger partial charge in [-0.3, -0.25) is 19.4 Å². The van der Waals surface area contributed by atoms with Gasteiger partial charge in [0.1, 0.15) is 5.78 Å². The van der Waals surface area contributed by atoms with Crippen LogP contribution in [0.15, 0.2) is 32.5 Å². The van der Waals surface area contributed by atoms with Gasteiger partial charge in [0.2, 0.25) is 0 Å². The van der Waals surface area contributed by atoms with E-state index in [-0.39, 0.29) is 23.2 Å². The van der Waals surface area contributed by atoms with E-state index in [4.69, 9.17) is 4.99 Å². The Bertz CT molecular complexity index is 997. The molecule has 0 saturated heterocycles. The number of aromatic amines is 1. The van der Waals surface area contributed by atoms with Crippen molar-refractivity contribution in [1.82, 2.24) is 9.78 Å². The number of hydrogen-bond donors (Lipinski definition) is 1. The monoisotopic (exact) mass is 401 g/mol. The molecule has 0 bridgehead atoms. The fourth-order valence-electron chi connectivity index (χ4n) is 4.10. The Morgan fingerprint density at radius 2 is 2.00 bits per heavy atom. The number of fused-ring (bicyclic) bond motifs is 2. The molecule has 1 aliphatic carbocycles. The van der Waals surface area contributed by atoms with Gasteiger partial charge >= 0.3 is 0 Å². The lowest BCUT2D eigenvalue weighted by atomic mass is 9.76. The summed E-state index contributed by atoms with van der Waals surface area (Å²) in [5, 5.41) is 2.80. The van der Waals surface area contributed by atoms with Crippen LogP contribution in [0.3, 0.4) is 0 Å². The van der Waals surface area contributed by atoms with E-state index in [1.54, 1.807) is 11.7 Å². The largest absolute Gasteiger partial charge is 0.298 e. The molecule has 4 rings (SSSR count). The Hall–Kier alpha value is -1.95. The maximum Gasteiger partial charge on any atom is 0.270 e. The minimum absolute atomic E-state index is 0.167. The molecule has 1 N–H and O–H groups in total. The first-order chi connectivity index (χ1) is 11.7. The minimum Gasteiger partial charge on any atom is -0.298 e. The summed E-state index contributed by atoms with van der Waals surface area (Å²) in [5.41, 5.74) is 2.96. The van der Waals surface area contributed by atoms with Crippen molar-refractivity contribution >= 4 is 33.2 Å². The van der Waals surface area contributed by atoms with Crippen molar-refractivity contribution in [2.75, 3.05) is 0 Å². The Labute approximate surface area is 154 Å². The standard InChI is InChI=1S/C19H20BrN3O2/c1-9-5-6-10(7-11(9)20)13-14-12(8-19(2,3)16(14)24)21-17-15(13)18(25)22-23(17)4/h5-7,13-14H,8H2,1-4H3,(H,22,25). The molecule has 2 aliphatic rings. The number of rotatable bonds is 1. The Kier molecular flexibility index (Phi) is 3.48. The van der Waals surface area contributed by atoms with Crippen LogP contribution in [-0.2, 0) is 11.8 Å². The molecule has 5 nitrogen and oxygen atoms in total. The molecular formula is C19H20BrN3O2. The molecule has 2 unspecified atom stereocenters. The zero-order chi connectivity index (χ0) is 18.1. The van der Waals surface area contributed by atoms with E-state index in [1.165, 1.54) is 0 Å². The number of aryl methyl sites for hydroxylation is 2. The fourth-order valence-corrected chi connectivity index (χ4v) is 4.50. The quantitative estimate of drug-likeness (QED) is 0.792. The summed E-state index contributed by atoms with van der Waals surface area (Å²) in [6, 6.07) is 6.06. The first-order valence-corrected chi connectivity index (χ1v) is 9.17. The highest BCUT2D eigenvalue weighted by Crippen LogP contribution is 2.50. The molecule has 0 spiro atoms. The van der Waals surface area contributed by atoms with Crippen molar-refractivity contribution < 1.29 is 4.79 Å². The van der Waals surface area contributed by atoms with E-state index < -0.39 is 5.41 Å². The number of ketones is 1. The van der Waals surface area contributed by atoms with Gasteiger partial charge < -0.3 is 0 Å². The van der Waals surface area contributed by atoms with Crippen molar-refractivity contribution in [1.29, 1.82) is 0 Å². The van der Waals surface area contributed by atoms with Gasteiger partial charge in [-0.2, -0.15) is 0 Å². The second-order valence-corrected chi connectivity index (χ2v) is 8.58. The van der Waals surface area contributed by atoms with Crippen LogP contribution in [0.5, 0.6) is 0 Å². The molecule has 6 heteroatoms. The summed E-state index contributed by atoms with van der Waals surface area (Å²) in [6.45, 7) is 5.95. The number of carbonyl (C=O) groups is 1. The van der Waals surface area contributed by atoms with Gasteiger partial charge in [-0.25, -0.2) is 4.99 Å². The molecule has 2 heterocycles. The zero-order valence-corrected chi connectivity index (χ0v) is 16.3. The van der Waals surface area contributed by atoms with Gasteiger partial charge in [-0.1, -0.05) is 41.9 Å². The summed E-state index contributed by atoms with van der Waals surface area (Å²) in [6.07, 6.45) is 0.638. The smallest absolute Gasteiger partial charge is 0.270 e. The summed E-state index contributed by atoms with van der Waals surface area (Å²) < 4.78 is 2.64. The van der Waals surface area contributed by atoms with Gasteiger partial charge in [0.15, 0.2) is 5.82 Å². The number of carbonyl (C=O) groups excluding carboxylic acids is 1. The number of hydrogen-bond acceptors (Lipinski definition) is 3. The first-order valence-electron chi connectivity index (χ1n) is 8.37. The number of benzene rings is 1. The number of nitrogens with zero attached hydrogens (tertiary/aromatic N) is 2. The van der Waals surface area contributed by atoms with Crippen LogP contribution in [0.4, 0.5) is 5.82 Å². The van der Waals surface area contributed by atoms with E-state index in [0.717, 1.165) is 21.3 Å². The molecule has 2 aromatic rings. The molecule has 1 fully saturated rings. The number of aliphatic imine (C=N–C) groups is 1. The van der Waals surface area contributed by atoms with Crippen LogP contribution in [0.1, 0.15) is 42.9 Å². The molecular weight excluding hydrogens is 382 g/mol. The normalized spacial score (nSPS) is 24.0. The van der Waals surface area contributed by atoms with E-state index in [0.29, 0.717) is 17.8 Å². The third-order valence-electron chi connectivity index (χ3n) is 5.45. The molecule has 1 aliphatic heterocycles. The zero-order valence-electron chi connectivity index (χ0n) is 14.7. The van der Waals surface area contributed by atoms with E-state index in [1.807, 2.05) is 39.0 Å². The lowest BCUT2D eigenvalue weighted by molar-refractivity contribution is -0.127. The molecule has 1 aromatic carbocycles. The van der Waals surface area contributed by atoms with Gasteiger partial charge in [-0.05, 0) is 30.5 Å². The number of aromatic nitrogens is 2. The molecule has 1 aromatic heterocycles. The average molecular weight is 402 g/mol. The Morgan fingerprint density at radius 3 is 2.68 bits per heavy atom. The van der Waals surface area contributed by atoms with Crippen LogP contribution >= 0.6 is 15.9 Å². The van der Waals surface area contributed by atoms with Crippen LogP contribution in [-0.4, -0.2) is 21.3 Å². The van der Waals surface area contributed by atoms with E-state index in [9.17, 15) is 9.59 Å². The summed E-state index contributed by atoms with van der Waals surface area (Å²) in [5.74, 6) is 0.157. The second kappa shape index (κ2) is 5.27. The highest BCUT2D eigenvalue weighted by atomic mass is 79.9. The van der Waals surface area contributed by atoms with Crippen molar-refractivity contribution in [3.05, 3.63) is 49.7 Å². The van der Waals surface area contributed by atoms with Gasteiger partial charge in [0.05, 0.1) is 11.5 Å². The van der Waals surface area contributed by atoms with Crippen LogP contribution in [0.2, 0.25) is 0 Å². The molecule has 1 saturated carbocycles.